The van der Waals surface area contributed by atoms with Crippen LogP contribution in [-0.2, 0) is 18.9 Å². The highest BCUT2D eigenvalue weighted by molar-refractivity contribution is 5.30. The molecule has 0 radical (unpaired) electrons. The van der Waals surface area contributed by atoms with Crippen molar-refractivity contribution in [2.24, 2.45) is 45.3 Å². The van der Waals surface area contributed by atoms with E-state index in [9.17, 15) is 51.1 Å². The zero-order valence-corrected chi connectivity index (χ0v) is 34.6. The van der Waals surface area contributed by atoms with E-state index in [1.54, 1.807) is 0 Å². The first-order valence-corrected chi connectivity index (χ1v) is 21.0. The molecule has 0 aromatic heterocycles. The van der Waals surface area contributed by atoms with Crippen molar-refractivity contribution in [3.8, 4) is 0 Å². The minimum atomic E-state index is -1.66. The Labute approximate surface area is 331 Å². The summed E-state index contributed by atoms with van der Waals surface area (Å²) in [6.45, 7) is 15.9. The van der Waals surface area contributed by atoms with Gasteiger partial charge in [-0.05, 0) is 105 Å². The summed E-state index contributed by atoms with van der Waals surface area (Å²) in [4.78, 5) is 0. The number of aliphatic hydroxyl groups is 10. The summed E-state index contributed by atoms with van der Waals surface area (Å²) in [5.74, 6) is 1.33. The van der Waals surface area contributed by atoms with Crippen LogP contribution < -0.4 is 0 Å². The van der Waals surface area contributed by atoms with Crippen molar-refractivity contribution in [1.29, 1.82) is 0 Å². The molecular formula is C42H72O14. The predicted octanol–water partition coefficient (Wildman–Crippen LogP) is 1.12. The van der Waals surface area contributed by atoms with Gasteiger partial charge in [0.15, 0.2) is 12.6 Å². The third-order valence-corrected chi connectivity index (χ3v) is 16.5. The van der Waals surface area contributed by atoms with Gasteiger partial charge in [-0.3, -0.25) is 0 Å². The largest absolute Gasteiger partial charge is 0.394 e. The molecule has 14 heteroatoms. The molecule has 6 aliphatic rings. The summed E-state index contributed by atoms with van der Waals surface area (Å²) in [5.41, 5.74) is -0.325. The minimum Gasteiger partial charge on any atom is -0.394 e. The average molecular weight is 801 g/mol. The Hall–Kier alpha value is -0.820. The third kappa shape index (κ3) is 7.37. The minimum absolute atomic E-state index is 0.0450. The number of hydrogen-bond acceptors (Lipinski definition) is 14. The van der Waals surface area contributed by atoms with Gasteiger partial charge in [0.25, 0.3) is 0 Å². The predicted molar refractivity (Wildman–Crippen MR) is 202 cm³/mol. The quantitative estimate of drug-likeness (QED) is 0.132. The van der Waals surface area contributed by atoms with Crippen LogP contribution in [0.4, 0.5) is 0 Å². The fourth-order valence-electron chi connectivity index (χ4n) is 12.7. The first-order chi connectivity index (χ1) is 25.9. The Balaban J connectivity index is 1.14. The Kier molecular flexibility index (Phi) is 12.7. The SMILES string of the molecule is C[C@H](CC(O)C(O)C(C)(C)O)[C@H]1CC[C@@]2(C)[C@@H]3CC=C4[C@@H](CC[C@H](O[C@@H]5O[C@H](CO[C@@H]6O[C@H](CO)[C@@H](O)[C@H](O)[C@H]6O)[C@@H](O)[C@H](O)[C@H]5O)C4(C)C)[C@]3(C)CC[C@]12C. The molecule has 4 aliphatic carbocycles. The molecule has 20 atom stereocenters. The van der Waals surface area contributed by atoms with Crippen LogP contribution in [0.2, 0.25) is 0 Å². The lowest BCUT2D eigenvalue weighted by Crippen LogP contribution is -2.63. The molecule has 0 aromatic rings. The summed E-state index contributed by atoms with van der Waals surface area (Å²) in [6.07, 6.45) is -7.75. The summed E-state index contributed by atoms with van der Waals surface area (Å²) in [5, 5.41) is 105. The standard InChI is InChI=1S/C42H72O14/c1-20(17-24(44)35(51)39(4,5)52)21-13-14-42(8)27-11-9-22-23(40(27,6)15-16-41(21,42)7)10-12-28(38(22,2)3)56-37-34(50)32(48)30(46)26(55-37)19-53-36-33(49)31(47)29(45)25(18-43)54-36/h9,20-21,23-37,43-52H,10-19H2,1-8H3/t20-,21-,23-,24?,25-,26-,27-,28+,29-,30-,31+,32+,33-,34-,35?,36-,37+,40+,41-,42+/m1/s1. The second kappa shape index (κ2) is 15.9. The van der Waals surface area contributed by atoms with E-state index in [1.165, 1.54) is 19.4 Å². The highest BCUT2D eigenvalue weighted by atomic mass is 16.7. The van der Waals surface area contributed by atoms with Crippen molar-refractivity contribution in [1.82, 2.24) is 0 Å². The Morgan fingerprint density at radius 1 is 0.786 bits per heavy atom. The molecule has 324 valence electrons. The molecule has 14 nitrogen and oxygen atoms in total. The zero-order chi connectivity index (χ0) is 41.5. The normalized spacial score (nSPS) is 49.6. The molecule has 2 aliphatic heterocycles. The second-order valence-electron chi connectivity index (χ2n) is 20.3. The number of ether oxygens (including phenoxy) is 4. The van der Waals surface area contributed by atoms with Crippen LogP contribution in [-0.4, -0.2) is 150 Å². The molecule has 0 amide bonds. The maximum Gasteiger partial charge on any atom is 0.187 e. The summed E-state index contributed by atoms with van der Waals surface area (Å²) >= 11 is 0. The van der Waals surface area contributed by atoms with Crippen LogP contribution in [0.1, 0.15) is 107 Å². The van der Waals surface area contributed by atoms with Gasteiger partial charge >= 0.3 is 0 Å². The van der Waals surface area contributed by atoms with E-state index >= 15 is 0 Å². The molecule has 0 bridgehead atoms. The van der Waals surface area contributed by atoms with Gasteiger partial charge in [-0.15, -0.1) is 0 Å². The van der Waals surface area contributed by atoms with Crippen molar-refractivity contribution >= 4 is 0 Å². The summed E-state index contributed by atoms with van der Waals surface area (Å²) in [7, 11) is 0. The van der Waals surface area contributed by atoms with Crippen molar-refractivity contribution in [3.05, 3.63) is 11.6 Å². The highest BCUT2D eigenvalue weighted by Crippen LogP contribution is 2.75. The van der Waals surface area contributed by atoms with Crippen LogP contribution in [0.3, 0.4) is 0 Å². The van der Waals surface area contributed by atoms with Gasteiger partial charge in [0, 0.05) is 5.41 Å². The highest BCUT2D eigenvalue weighted by Gasteiger charge is 2.67. The zero-order valence-electron chi connectivity index (χ0n) is 34.6. The Morgan fingerprint density at radius 2 is 1.39 bits per heavy atom. The van der Waals surface area contributed by atoms with Crippen molar-refractivity contribution < 1.29 is 70.0 Å². The van der Waals surface area contributed by atoms with Crippen LogP contribution in [0.5, 0.6) is 0 Å². The van der Waals surface area contributed by atoms with Gasteiger partial charge in [-0.1, -0.05) is 53.2 Å². The fraction of sp³-hybridized carbons (Fsp3) is 0.952. The molecule has 3 saturated carbocycles. The van der Waals surface area contributed by atoms with Gasteiger partial charge in [0.2, 0.25) is 0 Å². The topological polar surface area (TPSA) is 239 Å². The molecule has 0 spiro atoms. The van der Waals surface area contributed by atoms with E-state index in [0.29, 0.717) is 30.6 Å². The van der Waals surface area contributed by atoms with Crippen molar-refractivity contribution in [2.75, 3.05) is 13.2 Å². The smallest absolute Gasteiger partial charge is 0.187 e. The van der Waals surface area contributed by atoms with Gasteiger partial charge < -0.3 is 70.0 Å². The third-order valence-electron chi connectivity index (χ3n) is 16.5. The van der Waals surface area contributed by atoms with E-state index in [0.717, 1.165) is 38.5 Å². The van der Waals surface area contributed by atoms with Gasteiger partial charge in [0.1, 0.15) is 54.9 Å². The first kappa shape index (κ1) is 44.7. The van der Waals surface area contributed by atoms with Crippen LogP contribution in [0, 0.1) is 45.3 Å². The monoisotopic (exact) mass is 800 g/mol. The Bertz CT molecular complexity index is 1400. The molecule has 2 saturated heterocycles. The van der Waals surface area contributed by atoms with Gasteiger partial charge in [0.05, 0.1) is 31.0 Å². The maximum atomic E-state index is 11.0. The molecule has 10 N–H and O–H groups in total. The second-order valence-corrected chi connectivity index (χ2v) is 20.3. The van der Waals surface area contributed by atoms with Crippen LogP contribution in [0.15, 0.2) is 11.6 Å². The number of rotatable bonds is 11. The number of aliphatic hydroxyl groups excluding tert-OH is 9. The summed E-state index contributed by atoms with van der Waals surface area (Å²) in [6, 6.07) is 0. The average Bonchev–Trinajstić information content (AvgIpc) is 3.41. The summed E-state index contributed by atoms with van der Waals surface area (Å²) < 4.78 is 23.6. The maximum absolute atomic E-state index is 11.0. The molecule has 2 heterocycles. The lowest BCUT2D eigenvalue weighted by Gasteiger charge is -2.66. The Morgan fingerprint density at radius 3 is 2.02 bits per heavy atom. The lowest BCUT2D eigenvalue weighted by molar-refractivity contribution is -0.340. The van der Waals surface area contributed by atoms with E-state index in [2.05, 4.69) is 47.6 Å². The van der Waals surface area contributed by atoms with Crippen LogP contribution in [0.25, 0.3) is 0 Å². The molecule has 2 unspecified atom stereocenters. The van der Waals surface area contributed by atoms with Crippen LogP contribution >= 0.6 is 0 Å². The van der Waals surface area contributed by atoms with E-state index in [1.807, 2.05) is 0 Å². The molecular weight excluding hydrogens is 728 g/mol. The number of fused-ring (bicyclic) bond motifs is 5. The molecule has 5 fully saturated rings. The van der Waals surface area contributed by atoms with Gasteiger partial charge in [-0.25, -0.2) is 0 Å². The van der Waals surface area contributed by atoms with Crippen molar-refractivity contribution in [2.45, 2.75) is 192 Å². The van der Waals surface area contributed by atoms with Gasteiger partial charge in [-0.2, -0.15) is 0 Å². The molecule has 56 heavy (non-hydrogen) atoms. The fourth-order valence-corrected chi connectivity index (χ4v) is 12.7. The number of hydrogen-bond donors (Lipinski definition) is 10. The van der Waals surface area contributed by atoms with E-state index in [-0.39, 0.29) is 28.3 Å². The molecule has 0 aromatic carbocycles. The van der Waals surface area contributed by atoms with Crippen molar-refractivity contribution in [3.63, 3.8) is 0 Å². The van der Waals surface area contributed by atoms with E-state index in [4.69, 9.17) is 18.9 Å². The van der Waals surface area contributed by atoms with E-state index < -0.39 is 97.8 Å². The number of allylic oxidation sites excluding steroid dienone is 1. The lowest BCUT2D eigenvalue weighted by atomic mass is 9.39. The molecule has 6 rings (SSSR count). The first-order valence-electron chi connectivity index (χ1n) is 21.0.